The van der Waals surface area contributed by atoms with Crippen LogP contribution in [0.5, 0.6) is 0 Å². The highest BCUT2D eigenvalue weighted by molar-refractivity contribution is 5.23. The molecule has 2 heterocycles. The van der Waals surface area contributed by atoms with E-state index in [2.05, 4.69) is 0 Å². The Morgan fingerprint density at radius 2 is 2.29 bits per heavy atom. The van der Waals surface area contributed by atoms with E-state index in [9.17, 15) is 5.11 Å². The maximum absolute atomic E-state index is 10.1. The molecule has 2 atom stereocenters. The number of hydrogen-bond acceptors (Lipinski definition) is 3. The van der Waals surface area contributed by atoms with Gasteiger partial charge in [0.25, 0.3) is 0 Å². The summed E-state index contributed by atoms with van der Waals surface area (Å²) in [6.45, 7) is 5.21. The molecule has 3 nitrogen and oxygen atoms in total. The van der Waals surface area contributed by atoms with Gasteiger partial charge in [-0.05, 0) is 26.3 Å². The molecule has 2 rings (SSSR count). The molecule has 1 aromatic rings. The number of furan rings is 1. The van der Waals surface area contributed by atoms with Crippen molar-refractivity contribution in [3.05, 3.63) is 23.2 Å². The lowest BCUT2D eigenvalue weighted by Crippen LogP contribution is -2.12. The third-order valence-corrected chi connectivity index (χ3v) is 2.81. The second-order valence-electron chi connectivity index (χ2n) is 3.94. The molecule has 1 saturated heterocycles. The van der Waals surface area contributed by atoms with Crippen molar-refractivity contribution < 1.29 is 14.3 Å². The third kappa shape index (κ3) is 1.70. The predicted octanol–water partition coefficient (Wildman–Crippen LogP) is 1.97. The Kier molecular flexibility index (Phi) is 2.61. The summed E-state index contributed by atoms with van der Waals surface area (Å²) in [6.07, 6.45) is 0.500. The predicted molar refractivity (Wildman–Crippen MR) is 52.1 cm³/mol. The quantitative estimate of drug-likeness (QED) is 0.786. The summed E-state index contributed by atoms with van der Waals surface area (Å²) >= 11 is 0. The molecular weight excluding hydrogens is 180 g/mol. The Balaban J connectivity index is 2.17. The highest BCUT2D eigenvalue weighted by Gasteiger charge is 2.27. The summed E-state index contributed by atoms with van der Waals surface area (Å²) in [7, 11) is 0. The minimum absolute atomic E-state index is 0.227. The van der Waals surface area contributed by atoms with Gasteiger partial charge in [-0.25, -0.2) is 0 Å². The zero-order chi connectivity index (χ0) is 10.1. The number of rotatable bonds is 2. The largest absolute Gasteiger partial charge is 0.466 e. The van der Waals surface area contributed by atoms with Gasteiger partial charge in [0.2, 0.25) is 0 Å². The highest BCUT2D eigenvalue weighted by Crippen LogP contribution is 2.31. The van der Waals surface area contributed by atoms with E-state index in [4.69, 9.17) is 9.15 Å². The molecule has 1 aliphatic heterocycles. The van der Waals surface area contributed by atoms with Gasteiger partial charge in [0.05, 0.1) is 12.7 Å². The Bertz CT molecular complexity index is 310. The van der Waals surface area contributed by atoms with Crippen LogP contribution in [0.4, 0.5) is 0 Å². The summed E-state index contributed by atoms with van der Waals surface area (Å²) in [5.41, 5.74) is 0.915. The van der Waals surface area contributed by atoms with Crippen molar-refractivity contribution in [1.82, 2.24) is 0 Å². The first-order chi connectivity index (χ1) is 6.68. The molecule has 0 saturated carbocycles. The molecule has 0 radical (unpaired) electrons. The average molecular weight is 196 g/mol. The molecule has 0 amide bonds. The van der Waals surface area contributed by atoms with E-state index < -0.39 is 6.10 Å². The van der Waals surface area contributed by atoms with Gasteiger partial charge in [0.1, 0.15) is 11.5 Å². The first-order valence-corrected chi connectivity index (χ1v) is 5.01. The Morgan fingerprint density at radius 3 is 2.79 bits per heavy atom. The zero-order valence-electron chi connectivity index (χ0n) is 8.62. The van der Waals surface area contributed by atoms with E-state index in [1.54, 1.807) is 0 Å². The molecule has 2 unspecified atom stereocenters. The second-order valence-corrected chi connectivity index (χ2v) is 3.94. The van der Waals surface area contributed by atoms with E-state index in [0.717, 1.165) is 30.1 Å². The van der Waals surface area contributed by atoms with E-state index in [1.807, 2.05) is 19.9 Å². The lowest BCUT2D eigenvalue weighted by Gasteiger charge is -2.15. The first kappa shape index (κ1) is 9.74. The number of ether oxygens (including phenoxy) is 1. The van der Waals surface area contributed by atoms with Crippen molar-refractivity contribution in [3.63, 3.8) is 0 Å². The molecule has 0 aromatic carbocycles. The highest BCUT2D eigenvalue weighted by atomic mass is 16.5. The van der Waals surface area contributed by atoms with Crippen molar-refractivity contribution >= 4 is 0 Å². The Labute approximate surface area is 83.7 Å². The Hall–Kier alpha value is -0.800. The van der Waals surface area contributed by atoms with E-state index in [1.165, 1.54) is 0 Å². The normalized spacial score (nSPS) is 24.1. The smallest absolute Gasteiger partial charge is 0.106 e. The number of aliphatic hydroxyl groups is 1. The van der Waals surface area contributed by atoms with E-state index >= 15 is 0 Å². The molecule has 1 N–H and O–H groups in total. The summed E-state index contributed by atoms with van der Waals surface area (Å²) < 4.78 is 10.7. The van der Waals surface area contributed by atoms with Gasteiger partial charge in [-0.2, -0.15) is 0 Å². The molecule has 78 valence electrons. The van der Waals surface area contributed by atoms with Gasteiger partial charge in [-0.1, -0.05) is 0 Å². The van der Waals surface area contributed by atoms with Crippen LogP contribution in [0.2, 0.25) is 0 Å². The van der Waals surface area contributed by atoms with Crippen LogP contribution in [0.1, 0.15) is 29.6 Å². The molecule has 0 bridgehead atoms. The lowest BCUT2D eigenvalue weighted by atomic mass is 9.95. The number of aryl methyl sites for hydroxylation is 2. The van der Waals surface area contributed by atoms with Crippen LogP contribution in [0.3, 0.4) is 0 Å². The topological polar surface area (TPSA) is 42.6 Å². The van der Waals surface area contributed by atoms with Gasteiger partial charge in [0, 0.05) is 18.1 Å². The maximum Gasteiger partial charge on any atom is 0.106 e. The fourth-order valence-corrected chi connectivity index (χ4v) is 2.00. The summed E-state index contributed by atoms with van der Waals surface area (Å²) in [4.78, 5) is 0. The van der Waals surface area contributed by atoms with E-state index in [0.29, 0.717) is 6.61 Å². The molecule has 14 heavy (non-hydrogen) atoms. The Morgan fingerprint density at radius 1 is 1.50 bits per heavy atom. The molecule has 0 spiro atoms. The monoisotopic (exact) mass is 196 g/mol. The standard InChI is InChI=1S/C11H16O3/c1-7-5-10(8(2)14-7)11(12)9-3-4-13-6-9/h5,9,11-12H,3-4,6H2,1-2H3. The molecule has 3 heteroatoms. The van der Waals surface area contributed by atoms with Crippen LogP contribution < -0.4 is 0 Å². The fraction of sp³-hybridized carbons (Fsp3) is 0.636. The van der Waals surface area contributed by atoms with Crippen LogP contribution in [0, 0.1) is 19.8 Å². The van der Waals surface area contributed by atoms with Gasteiger partial charge < -0.3 is 14.3 Å². The average Bonchev–Trinajstić information content (AvgIpc) is 2.73. The van der Waals surface area contributed by atoms with Crippen molar-refractivity contribution in [2.45, 2.75) is 26.4 Å². The molecule has 1 aliphatic rings. The molecule has 1 fully saturated rings. The minimum Gasteiger partial charge on any atom is -0.466 e. The summed E-state index contributed by atoms with van der Waals surface area (Å²) in [5.74, 6) is 1.91. The number of aliphatic hydroxyl groups excluding tert-OH is 1. The van der Waals surface area contributed by atoms with Gasteiger partial charge in [0.15, 0.2) is 0 Å². The van der Waals surface area contributed by atoms with Crippen molar-refractivity contribution in [2.24, 2.45) is 5.92 Å². The van der Waals surface area contributed by atoms with Crippen LogP contribution in [0.25, 0.3) is 0 Å². The third-order valence-electron chi connectivity index (χ3n) is 2.81. The van der Waals surface area contributed by atoms with Crippen molar-refractivity contribution in [3.8, 4) is 0 Å². The number of hydrogen-bond donors (Lipinski definition) is 1. The summed E-state index contributed by atoms with van der Waals surface area (Å²) in [5, 5.41) is 10.1. The SMILES string of the molecule is Cc1cc(C(O)C2CCOC2)c(C)o1. The van der Waals surface area contributed by atoms with Crippen LogP contribution in [-0.4, -0.2) is 18.3 Å². The van der Waals surface area contributed by atoms with Crippen LogP contribution in [0.15, 0.2) is 10.5 Å². The van der Waals surface area contributed by atoms with Gasteiger partial charge in [-0.15, -0.1) is 0 Å². The zero-order valence-corrected chi connectivity index (χ0v) is 8.62. The van der Waals surface area contributed by atoms with Gasteiger partial charge in [-0.3, -0.25) is 0 Å². The first-order valence-electron chi connectivity index (χ1n) is 5.01. The minimum atomic E-state index is -0.435. The van der Waals surface area contributed by atoms with Crippen molar-refractivity contribution in [2.75, 3.05) is 13.2 Å². The van der Waals surface area contributed by atoms with Crippen LogP contribution >= 0.6 is 0 Å². The van der Waals surface area contributed by atoms with Gasteiger partial charge >= 0.3 is 0 Å². The fourth-order valence-electron chi connectivity index (χ4n) is 2.00. The molecule has 1 aromatic heterocycles. The van der Waals surface area contributed by atoms with Crippen LogP contribution in [-0.2, 0) is 4.74 Å². The lowest BCUT2D eigenvalue weighted by molar-refractivity contribution is 0.0906. The second kappa shape index (κ2) is 3.75. The van der Waals surface area contributed by atoms with E-state index in [-0.39, 0.29) is 5.92 Å². The molecular formula is C11H16O3. The molecule has 0 aliphatic carbocycles. The summed E-state index contributed by atoms with van der Waals surface area (Å²) in [6, 6.07) is 1.92. The van der Waals surface area contributed by atoms with Crippen molar-refractivity contribution in [1.29, 1.82) is 0 Å². The maximum atomic E-state index is 10.1.